The Hall–Kier alpha value is -3.54. The van der Waals surface area contributed by atoms with E-state index in [9.17, 15) is 18.4 Å². The molecule has 156 valence electrons. The van der Waals surface area contributed by atoms with Crippen molar-refractivity contribution < 1.29 is 27.8 Å². The van der Waals surface area contributed by atoms with Gasteiger partial charge in [-0.3, -0.25) is 14.9 Å². The lowest BCUT2D eigenvalue weighted by molar-refractivity contribution is -0.117. The molecule has 1 aromatic heterocycles. The minimum atomic E-state index is -2.96. The van der Waals surface area contributed by atoms with Crippen molar-refractivity contribution in [2.75, 3.05) is 12.9 Å². The van der Waals surface area contributed by atoms with Crippen LogP contribution in [0.2, 0.25) is 0 Å². The van der Waals surface area contributed by atoms with E-state index in [-0.39, 0.29) is 17.1 Å². The van der Waals surface area contributed by atoms with Crippen molar-refractivity contribution in [2.45, 2.75) is 11.8 Å². The van der Waals surface area contributed by atoms with Crippen LogP contribution in [0.4, 0.5) is 8.78 Å². The number of nitrogens with one attached hydrogen (secondary N) is 1. The van der Waals surface area contributed by atoms with Crippen LogP contribution in [0, 0.1) is 0 Å². The van der Waals surface area contributed by atoms with Crippen LogP contribution in [0.5, 0.6) is 11.5 Å². The van der Waals surface area contributed by atoms with Crippen molar-refractivity contribution in [1.29, 1.82) is 0 Å². The molecule has 0 fully saturated rings. The van der Waals surface area contributed by atoms with Crippen LogP contribution in [0.1, 0.15) is 10.4 Å². The van der Waals surface area contributed by atoms with E-state index in [0.29, 0.717) is 16.6 Å². The van der Waals surface area contributed by atoms with Crippen molar-refractivity contribution in [3.63, 3.8) is 0 Å². The highest BCUT2D eigenvalue weighted by Gasteiger charge is 2.15. The Kier molecular flexibility index (Phi) is 6.91. The van der Waals surface area contributed by atoms with Gasteiger partial charge < -0.3 is 9.47 Å². The Morgan fingerprint density at radius 3 is 2.40 bits per heavy atom. The number of tetrazole rings is 1. The van der Waals surface area contributed by atoms with Gasteiger partial charge in [0.15, 0.2) is 0 Å². The highest BCUT2D eigenvalue weighted by molar-refractivity contribution is 7.99. The topological polar surface area (TPSA) is 108 Å². The van der Waals surface area contributed by atoms with Gasteiger partial charge in [0.2, 0.25) is 11.1 Å². The fourth-order valence-corrected chi connectivity index (χ4v) is 3.00. The predicted octanol–water partition coefficient (Wildman–Crippen LogP) is 2.32. The molecule has 0 unspecified atom stereocenters. The van der Waals surface area contributed by atoms with E-state index in [1.54, 1.807) is 31.4 Å². The molecule has 0 bridgehead atoms. The Balaban J connectivity index is 1.56. The minimum Gasteiger partial charge on any atom is -0.497 e. The summed E-state index contributed by atoms with van der Waals surface area (Å²) in [5, 5.41) is 13.9. The quantitative estimate of drug-likeness (QED) is 0.537. The molecule has 0 spiro atoms. The molecule has 0 radical (unpaired) electrons. The van der Waals surface area contributed by atoms with Crippen LogP contribution in [0.25, 0.3) is 5.69 Å². The summed E-state index contributed by atoms with van der Waals surface area (Å²) in [6.07, 6.45) is 0. The Bertz CT molecular complexity index is 1010. The van der Waals surface area contributed by atoms with E-state index < -0.39 is 18.4 Å². The molecular formula is C18H15F2N5O4S. The second kappa shape index (κ2) is 9.78. The molecule has 0 atom stereocenters. The molecule has 2 aromatic carbocycles. The lowest BCUT2D eigenvalue weighted by Crippen LogP contribution is -2.31. The molecule has 12 heteroatoms. The Labute approximate surface area is 173 Å². The summed E-state index contributed by atoms with van der Waals surface area (Å²) in [4.78, 5) is 24.2. The van der Waals surface area contributed by atoms with E-state index in [1.807, 2.05) is 0 Å². The number of carbonyl (C=O) groups excluding carboxylic acids is 2. The molecule has 0 aliphatic carbocycles. The lowest BCUT2D eigenvalue weighted by Gasteiger charge is -2.07. The van der Waals surface area contributed by atoms with Gasteiger partial charge in [-0.2, -0.15) is 13.5 Å². The van der Waals surface area contributed by atoms with Crippen LogP contribution >= 0.6 is 11.8 Å². The lowest BCUT2D eigenvalue weighted by atomic mass is 10.2. The summed E-state index contributed by atoms with van der Waals surface area (Å²) >= 11 is 1.04. The number of halogens is 2. The van der Waals surface area contributed by atoms with Gasteiger partial charge in [0.1, 0.15) is 11.5 Å². The van der Waals surface area contributed by atoms with Crippen molar-refractivity contribution in [3.05, 3.63) is 54.1 Å². The molecule has 3 aromatic rings. The van der Waals surface area contributed by atoms with Gasteiger partial charge in [-0.05, 0) is 59.0 Å². The first kappa shape index (κ1) is 21.2. The number of benzene rings is 2. The number of hydrogen-bond donors (Lipinski definition) is 1. The van der Waals surface area contributed by atoms with Crippen LogP contribution in [0.3, 0.4) is 0 Å². The number of alkyl halides is 2. The molecule has 0 aliphatic rings. The predicted molar refractivity (Wildman–Crippen MR) is 102 cm³/mol. The number of amides is 2. The molecule has 2 amide bonds. The second-order valence-electron chi connectivity index (χ2n) is 5.64. The molecule has 0 saturated heterocycles. The molecular weight excluding hydrogens is 420 g/mol. The number of hydrogen-bond acceptors (Lipinski definition) is 8. The average Bonchev–Trinajstić information content (AvgIpc) is 3.21. The van der Waals surface area contributed by atoms with Gasteiger partial charge in [0.25, 0.3) is 5.91 Å². The number of imide groups is 1. The second-order valence-corrected chi connectivity index (χ2v) is 6.58. The largest absolute Gasteiger partial charge is 0.497 e. The van der Waals surface area contributed by atoms with E-state index in [2.05, 4.69) is 25.6 Å². The first-order valence-electron chi connectivity index (χ1n) is 8.41. The van der Waals surface area contributed by atoms with Crippen molar-refractivity contribution in [1.82, 2.24) is 25.5 Å². The first-order valence-corrected chi connectivity index (χ1v) is 9.39. The number of nitrogens with zero attached hydrogens (tertiary/aromatic N) is 4. The highest BCUT2D eigenvalue weighted by atomic mass is 32.2. The highest BCUT2D eigenvalue weighted by Crippen LogP contribution is 2.20. The van der Waals surface area contributed by atoms with Gasteiger partial charge in [0.05, 0.1) is 18.6 Å². The molecule has 30 heavy (non-hydrogen) atoms. The summed E-state index contributed by atoms with van der Waals surface area (Å²) in [7, 11) is 1.55. The molecule has 0 saturated carbocycles. The van der Waals surface area contributed by atoms with E-state index in [4.69, 9.17) is 4.74 Å². The maximum atomic E-state index is 12.2. The Morgan fingerprint density at radius 2 is 1.77 bits per heavy atom. The van der Waals surface area contributed by atoms with Crippen molar-refractivity contribution >= 4 is 23.6 Å². The fourth-order valence-electron chi connectivity index (χ4n) is 2.31. The number of aromatic nitrogens is 4. The molecule has 0 aliphatic heterocycles. The molecule has 1 heterocycles. The van der Waals surface area contributed by atoms with E-state index in [0.717, 1.165) is 11.8 Å². The smallest absolute Gasteiger partial charge is 0.387 e. The minimum absolute atomic E-state index is 0.0891. The number of thioether (sulfide) groups is 1. The van der Waals surface area contributed by atoms with Crippen molar-refractivity contribution in [3.8, 4) is 17.2 Å². The Morgan fingerprint density at radius 1 is 1.10 bits per heavy atom. The third kappa shape index (κ3) is 5.50. The number of carbonyl (C=O) groups is 2. The zero-order chi connectivity index (χ0) is 21.5. The molecule has 1 N–H and O–H groups in total. The van der Waals surface area contributed by atoms with Crippen molar-refractivity contribution in [2.24, 2.45) is 0 Å². The van der Waals surface area contributed by atoms with Crippen LogP contribution < -0.4 is 14.8 Å². The van der Waals surface area contributed by atoms with Gasteiger partial charge in [0, 0.05) is 5.56 Å². The summed E-state index contributed by atoms with van der Waals surface area (Å²) < 4.78 is 35.1. The standard InChI is InChI=1S/C18H15F2N5O4S/c1-28-13-8-4-12(5-9-13)25-18(22-23-24-25)30-10-15(26)21-16(27)11-2-6-14(7-3-11)29-17(19)20/h2-9,17H,10H2,1H3,(H,21,26,27). The normalized spacial score (nSPS) is 10.7. The zero-order valence-corrected chi connectivity index (χ0v) is 16.3. The monoisotopic (exact) mass is 435 g/mol. The summed E-state index contributed by atoms with van der Waals surface area (Å²) in [6.45, 7) is -2.96. The third-order valence-corrected chi connectivity index (χ3v) is 4.60. The molecule has 3 rings (SSSR count). The van der Waals surface area contributed by atoms with Gasteiger partial charge >= 0.3 is 6.61 Å². The first-order chi connectivity index (χ1) is 14.5. The summed E-state index contributed by atoms with van der Waals surface area (Å²) in [6, 6.07) is 12.0. The summed E-state index contributed by atoms with van der Waals surface area (Å²) in [5.41, 5.74) is 0.795. The maximum absolute atomic E-state index is 12.2. The van der Waals surface area contributed by atoms with E-state index in [1.165, 1.54) is 28.9 Å². The van der Waals surface area contributed by atoms with Crippen LogP contribution in [-0.4, -0.2) is 51.5 Å². The molecule has 9 nitrogen and oxygen atoms in total. The SMILES string of the molecule is COc1ccc(-n2nnnc2SCC(=O)NC(=O)c2ccc(OC(F)F)cc2)cc1. The number of ether oxygens (including phenoxy) is 2. The fraction of sp³-hybridized carbons (Fsp3) is 0.167. The van der Waals surface area contributed by atoms with Gasteiger partial charge in [-0.25, -0.2) is 0 Å². The van der Waals surface area contributed by atoms with Gasteiger partial charge in [-0.1, -0.05) is 11.8 Å². The number of methoxy groups -OCH3 is 1. The summed E-state index contributed by atoms with van der Waals surface area (Å²) in [5.74, 6) is -0.767. The third-order valence-electron chi connectivity index (χ3n) is 3.68. The zero-order valence-electron chi connectivity index (χ0n) is 15.5. The van der Waals surface area contributed by atoms with Crippen LogP contribution in [-0.2, 0) is 4.79 Å². The average molecular weight is 435 g/mol. The maximum Gasteiger partial charge on any atom is 0.387 e. The van der Waals surface area contributed by atoms with Crippen LogP contribution in [0.15, 0.2) is 53.7 Å². The van der Waals surface area contributed by atoms with Gasteiger partial charge in [-0.15, -0.1) is 5.10 Å². The number of rotatable bonds is 8. The van der Waals surface area contributed by atoms with E-state index >= 15 is 0 Å².